The summed E-state index contributed by atoms with van der Waals surface area (Å²) >= 11 is 0. The lowest BCUT2D eigenvalue weighted by atomic mass is 9.79. The van der Waals surface area contributed by atoms with E-state index >= 15 is 4.39 Å². The van der Waals surface area contributed by atoms with E-state index in [9.17, 15) is 9.59 Å². The molecule has 2 fully saturated rings. The summed E-state index contributed by atoms with van der Waals surface area (Å²) in [6, 6.07) is 2.33. The number of fused-ring (bicyclic) bond motifs is 1. The molecule has 5 rings (SSSR count). The molecule has 2 N–H and O–H groups in total. The number of aromatic nitrogens is 3. The van der Waals surface area contributed by atoms with Crippen LogP contribution in [0.4, 0.5) is 9.18 Å². The van der Waals surface area contributed by atoms with Crippen LogP contribution in [0.15, 0.2) is 22.9 Å². The molecule has 0 radical (unpaired) electrons. The summed E-state index contributed by atoms with van der Waals surface area (Å²) in [5.74, 6) is 0.431. The molecule has 11 heteroatoms. The lowest BCUT2D eigenvalue weighted by Crippen LogP contribution is -2.43. The molecule has 2 amide bonds. The van der Waals surface area contributed by atoms with Crippen LogP contribution in [-0.2, 0) is 9.47 Å². The van der Waals surface area contributed by atoms with Crippen molar-refractivity contribution in [1.29, 1.82) is 0 Å². The zero-order valence-corrected chi connectivity index (χ0v) is 21.3. The van der Waals surface area contributed by atoms with Gasteiger partial charge in [0.1, 0.15) is 23.2 Å². The average molecular weight is 514 g/mol. The lowest BCUT2D eigenvalue weighted by Gasteiger charge is -2.34. The van der Waals surface area contributed by atoms with Crippen molar-refractivity contribution in [3.8, 4) is 0 Å². The van der Waals surface area contributed by atoms with E-state index in [0.717, 1.165) is 25.7 Å². The number of imidazole rings is 1. The first-order chi connectivity index (χ1) is 17.9. The van der Waals surface area contributed by atoms with Gasteiger partial charge in [-0.2, -0.15) is 0 Å². The van der Waals surface area contributed by atoms with Crippen molar-refractivity contribution in [3.63, 3.8) is 0 Å². The summed E-state index contributed by atoms with van der Waals surface area (Å²) in [5, 5.41) is 6.91. The molecule has 37 heavy (non-hydrogen) atoms. The zero-order chi connectivity index (χ0) is 26.1. The van der Waals surface area contributed by atoms with E-state index in [0.29, 0.717) is 47.2 Å². The summed E-state index contributed by atoms with van der Waals surface area (Å²) in [4.78, 5) is 34.8. The second-order valence-corrected chi connectivity index (χ2v) is 10.0. The van der Waals surface area contributed by atoms with E-state index < -0.39 is 24.0 Å². The van der Waals surface area contributed by atoms with Crippen molar-refractivity contribution in [1.82, 2.24) is 25.3 Å². The number of aromatic amines is 1. The number of nitrogens with zero attached hydrogens (tertiary/aromatic N) is 3. The first kappa shape index (κ1) is 25.2. The molecule has 1 saturated heterocycles. The Balaban J connectivity index is 1.49. The SMILES string of the molecule is COC(=O)N1CCOCC1c1ccc2[nH]c(C(NC(=O)c3conc3C)C3CCC(C)CC3)nc2c1F. The Kier molecular flexibility index (Phi) is 7.14. The number of aryl methyl sites for hydroxylation is 1. The molecule has 2 aliphatic rings. The Morgan fingerprint density at radius 3 is 2.76 bits per heavy atom. The Hall–Kier alpha value is -3.47. The molecule has 1 aliphatic heterocycles. The van der Waals surface area contributed by atoms with Crippen LogP contribution in [0.1, 0.15) is 72.1 Å². The summed E-state index contributed by atoms with van der Waals surface area (Å²) in [6.07, 6.45) is 4.74. The van der Waals surface area contributed by atoms with Crippen LogP contribution < -0.4 is 5.32 Å². The van der Waals surface area contributed by atoms with E-state index in [4.69, 9.17) is 14.0 Å². The molecule has 1 aromatic carbocycles. The minimum absolute atomic E-state index is 0.143. The fourth-order valence-corrected chi connectivity index (χ4v) is 5.44. The van der Waals surface area contributed by atoms with Crippen molar-refractivity contribution in [3.05, 3.63) is 46.9 Å². The molecule has 3 aromatic rings. The number of benzene rings is 1. The maximum absolute atomic E-state index is 15.9. The van der Waals surface area contributed by atoms with Crippen LogP contribution in [0.2, 0.25) is 0 Å². The van der Waals surface area contributed by atoms with Crippen molar-refractivity contribution in [2.45, 2.75) is 51.6 Å². The van der Waals surface area contributed by atoms with Gasteiger partial charge < -0.3 is 24.3 Å². The van der Waals surface area contributed by atoms with Gasteiger partial charge in [0.25, 0.3) is 5.91 Å². The van der Waals surface area contributed by atoms with E-state index in [1.54, 1.807) is 19.1 Å². The Labute approximate surface area is 213 Å². The van der Waals surface area contributed by atoms with Gasteiger partial charge in [0.2, 0.25) is 0 Å². The highest BCUT2D eigenvalue weighted by Gasteiger charge is 2.34. The highest BCUT2D eigenvalue weighted by molar-refractivity contribution is 5.95. The zero-order valence-electron chi connectivity index (χ0n) is 21.3. The van der Waals surface area contributed by atoms with Crippen LogP contribution in [0, 0.1) is 24.6 Å². The van der Waals surface area contributed by atoms with Crippen LogP contribution in [0.25, 0.3) is 11.0 Å². The van der Waals surface area contributed by atoms with Crippen LogP contribution in [-0.4, -0.2) is 58.9 Å². The average Bonchev–Trinajstić information content (AvgIpc) is 3.54. The second-order valence-electron chi connectivity index (χ2n) is 10.0. The highest BCUT2D eigenvalue weighted by atomic mass is 19.1. The lowest BCUT2D eigenvalue weighted by molar-refractivity contribution is -0.00628. The highest BCUT2D eigenvalue weighted by Crippen LogP contribution is 2.38. The standard InChI is InChI=1S/C26H32FN5O5/c1-14-4-6-16(7-5-14)22(30-25(33)18-12-37-31-15(18)2)24-28-19-9-8-17(21(27)23(19)29-24)20-13-36-11-10-32(20)26(34)35-3/h8-9,12,14,16,20,22H,4-7,10-11,13H2,1-3H3,(H,28,29)(H,30,33). The number of morpholine rings is 1. The van der Waals surface area contributed by atoms with Gasteiger partial charge in [-0.15, -0.1) is 0 Å². The molecule has 10 nitrogen and oxygen atoms in total. The third-order valence-corrected chi connectivity index (χ3v) is 7.65. The van der Waals surface area contributed by atoms with Crippen molar-refractivity contribution in [2.24, 2.45) is 11.8 Å². The Morgan fingerprint density at radius 2 is 2.05 bits per heavy atom. The predicted molar refractivity (Wildman–Crippen MR) is 131 cm³/mol. The molecule has 0 spiro atoms. The van der Waals surface area contributed by atoms with Gasteiger partial charge in [-0.3, -0.25) is 9.69 Å². The smallest absolute Gasteiger partial charge is 0.410 e. The molecule has 2 atom stereocenters. The number of rotatable bonds is 5. The molecule has 3 heterocycles. The monoisotopic (exact) mass is 513 g/mol. The third kappa shape index (κ3) is 4.92. The van der Waals surface area contributed by atoms with Gasteiger partial charge in [0.05, 0.1) is 43.6 Å². The third-order valence-electron chi connectivity index (χ3n) is 7.65. The number of methoxy groups -OCH3 is 1. The molecule has 198 valence electrons. The maximum Gasteiger partial charge on any atom is 0.410 e. The molecule has 0 bridgehead atoms. The van der Waals surface area contributed by atoms with Gasteiger partial charge in [0, 0.05) is 12.1 Å². The van der Waals surface area contributed by atoms with Crippen molar-refractivity contribution >= 4 is 23.0 Å². The number of ether oxygens (including phenoxy) is 2. The number of hydrogen-bond donors (Lipinski definition) is 2. The minimum Gasteiger partial charge on any atom is -0.453 e. The Morgan fingerprint density at radius 1 is 1.27 bits per heavy atom. The van der Waals surface area contributed by atoms with E-state index in [1.165, 1.54) is 18.3 Å². The van der Waals surface area contributed by atoms with E-state index in [-0.39, 0.29) is 23.9 Å². The number of halogens is 1. The van der Waals surface area contributed by atoms with E-state index in [1.807, 2.05) is 0 Å². The molecular formula is C26H32FN5O5. The largest absolute Gasteiger partial charge is 0.453 e. The number of nitrogens with one attached hydrogen (secondary N) is 2. The number of carbonyl (C=O) groups excluding carboxylic acids is 2. The summed E-state index contributed by atoms with van der Waals surface area (Å²) in [5.41, 5.74) is 1.84. The minimum atomic E-state index is -0.627. The Bertz CT molecular complexity index is 1280. The summed E-state index contributed by atoms with van der Waals surface area (Å²) in [7, 11) is 1.30. The van der Waals surface area contributed by atoms with Gasteiger partial charge >= 0.3 is 6.09 Å². The number of amides is 2. The fourth-order valence-electron chi connectivity index (χ4n) is 5.44. The van der Waals surface area contributed by atoms with Crippen molar-refractivity contribution < 1.29 is 28.0 Å². The number of H-pyrrole nitrogens is 1. The van der Waals surface area contributed by atoms with Crippen LogP contribution in [0.3, 0.4) is 0 Å². The van der Waals surface area contributed by atoms with Gasteiger partial charge in [-0.05, 0) is 37.7 Å². The summed E-state index contributed by atoms with van der Waals surface area (Å²) < 4.78 is 31.3. The number of carbonyl (C=O) groups is 2. The predicted octanol–water partition coefficient (Wildman–Crippen LogP) is 4.44. The molecular weight excluding hydrogens is 481 g/mol. The molecule has 1 saturated carbocycles. The van der Waals surface area contributed by atoms with E-state index in [2.05, 4.69) is 27.4 Å². The molecule has 2 aromatic heterocycles. The van der Waals surface area contributed by atoms with Crippen LogP contribution >= 0.6 is 0 Å². The topological polar surface area (TPSA) is 123 Å². The second kappa shape index (κ2) is 10.5. The van der Waals surface area contributed by atoms with Crippen molar-refractivity contribution in [2.75, 3.05) is 26.9 Å². The molecule has 1 aliphatic carbocycles. The van der Waals surface area contributed by atoms with Gasteiger partial charge in [-0.1, -0.05) is 31.0 Å². The van der Waals surface area contributed by atoms with Crippen LogP contribution in [0.5, 0.6) is 0 Å². The first-order valence-corrected chi connectivity index (χ1v) is 12.7. The first-order valence-electron chi connectivity index (χ1n) is 12.7. The fraction of sp³-hybridized carbons (Fsp3) is 0.538. The maximum atomic E-state index is 15.9. The number of hydrogen-bond acceptors (Lipinski definition) is 7. The molecule has 2 unspecified atom stereocenters. The summed E-state index contributed by atoms with van der Waals surface area (Å²) in [6.45, 7) is 4.76. The normalized spacial score (nSPS) is 23.1. The van der Waals surface area contributed by atoms with Gasteiger partial charge in [0.15, 0.2) is 5.82 Å². The quantitative estimate of drug-likeness (QED) is 0.517. The van der Waals surface area contributed by atoms with Gasteiger partial charge in [-0.25, -0.2) is 14.2 Å².